The van der Waals surface area contributed by atoms with Crippen molar-refractivity contribution >= 4 is 22.9 Å². The number of fused-ring (bicyclic) bond motifs is 1. The lowest BCUT2D eigenvalue weighted by molar-refractivity contribution is 0.104. The van der Waals surface area contributed by atoms with E-state index in [4.69, 9.17) is 0 Å². The average molecular weight is 300 g/mol. The van der Waals surface area contributed by atoms with Crippen molar-refractivity contribution < 1.29 is 13.6 Å². The summed E-state index contributed by atoms with van der Waals surface area (Å²) in [7, 11) is 0. The third-order valence-corrected chi connectivity index (χ3v) is 3.17. The number of imidazole rings is 1. The molecule has 0 aliphatic heterocycles. The molecule has 2 aromatic carbocycles. The highest BCUT2D eigenvalue weighted by molar-refractivity contribution is 6.08. The summed E-state index contributed by atoms with van der Waals surface area (Å²) in [6.45, 7) is 0. The van der Waals surface area contributed by atoms with E-state index < -0.39 is 11.6 Å². The van der Waals surface area contributed by atoms with Crippen molar-refractivity contribution in [3.05, 3.63) is 75.7 Å². The molecule has 110 valence electrons. The fraction of sp³-hybridized carbons (Fsp3) is 0. The molecule has 22 heavy (non-hydrogen) atoms. The average Bonchev–Trinajstić information content (AvgIpc) is 2.87. The van der Waals surface area contributed by atoms with Crippen molar-refractivity contribution in [1.29, 1.82) is 0 Å². The normalized spacial score (nSPS) is 11.4. The summed E-state index contributed by atoms with van der Waals surface area (Å²) in [5.74, 6) is -2.22. The highest BCUT2D eigenvalue weighted by Gasteiger charge is 2.06. The highest BCUT2D eigenvalue weighted by atomic mass is 19.2. The molecule has 2 N–H and O–H groups in total. The number of hydrogen-bond acceptors (Lipinski definition) is 2. The van der Waals surface area contributed by atoms with Crippen LogP contribution in [0.4, 0.5) is 8.78 Å². The van der Waals surface area contributed by atoms with Gasteiger partial charge in [-0.3, -0.25) is 4.79 Å². The number of aromatic amines is 2. The highest BCUT2D eigenvalue weighted by Crippen LogP contribution is 2.13. The Bertz CT molecular complexity index is 954. The molecular formula is C16H10F2N2O2. The van der Waals surface area contributed by atoms with Gasteiger partial charge in [0.2, 0.25) is 0 Å². The van der Waals surface area contributed by atoms with Gasteiger partial charge in [-0.05, 0) is 42.0 Å². The topological polar surface area (TPSA) is 65.7 Å². The van der Waals surface area contributed by atoms with E-state index in [9.17, 15) is 18.4 Å². The number of allylic oxidation sites excluding steroid dienone is 1. The van der Waals surface area contributed by atoms with Crippen molar-refractivity contribution in [3.8, 4) is 0 Å². The van der Waals surface area contributed by atoms with Crippen molar-refractivity contribution in [1.82, 2.24) is 9.97 Å². The zero-order valence-electron chi connectivity index (χ0n) is 11.2. The number of ketones is 1. The number of carbonyl (C=O) groups is 1. The summed E-state index contributed by atoms with van der Waals surface area (Å²) < 4.78 is 25.9. The van der Waals surface area contributed by atoms with E-state index in [2.05, 4.69) is 9.97 Å². The molecule has 0 radical (unpaired) electrons. The van der Waals surface area contributed by atoms with Crippen LogP contribution in [0.15, 0.2) is 47.3 Å². The van der Waals surface area contributed by atoms with E-state index >= 15 is 0 Å². The first-order valence-corrected chi connectivity index (χ1v) is 6.42. The molecule has 0 bridgehead atoms. The molecule has 0 atom stereocenters. The van der Waals surface area contributed by atoms with Crippen molar-refractivity contribution in [2.75, 3.05) is 0 Å². The Morgan fingerprint density at radius 1 is 0.955 bits per heavy atom. The Kier molecular flexibility index (Phi) is 3.42. The summed E-state index contributed by atoms with van der Waals surface area (Å²) in [6, 6.07) is 8.11. The smallest absolute Gasteiger partial charge is 0.306 e. The number of hydrogen-bond donors (Lipinski definition) is 2. The second kappa shape index (κ2) is 5.40. The Hall–Kier alpha value is -3.02. The van der Waals surface area contributed by atoms with Crippen LogP contribution in [0.1, 0.15) is 15.9 Å². The number of halogens is 2. The van der Waals surface area contributed by atoms with Crippen molar-refractivity contribution in [3.63, 3.8) is 0 Å². The number of benzene rings is 2. The van der Waals surface area contributed by atoms with Crippen LogP contribution < -0.4 is 5.69 Å². The molecule has 0 spiro atoms. The molecule has 3 aromatic rings. The fourth-order valence-electron chi connectivity index (χ4n) is 2.07. The van der Waals surface area contributed by atoms with Gasteiger partial charge >= 0.3 is 5.69 Å². The van der Waals surface area contributed by atoms with Gasteiger partial charge in [-0.2, -0.15) is 0 Å². The van der Waals surface area contributed by atoms with Gasteiger partial charge < -0.3 is 9.97 Å². The van der Waals surface area contributed by atoms with E-state index in [0.717, 1.165) is 12.1 Å². The molecule has 0 fully saturated rings. The first-order valence-electron chi connectivity index (χ1n) is 6.42. The molecule has 0 aliphatic rings. The molecule has 0 amide bonds. The molecule has 0 aliphatic carbocycles. The Morgan fingerprint density at radius 2 is 1.73 bits per heavy atom. The summed E-state index contributed by atoms with van der Waals surface area (Å²) in [6.07, 6.45) is 2.66. The third-order valence-electron chi connectivity index (χ3n) is 3.17. The van der Waals surface area contributed by atoms with Gasteiger partial charge in [0.25, 0.3) is 0 Å². The first kappa shape index (κ1) is 13.9. The maximum Gasteiger partial charge on any atom is 0.323 e. The second-order valence-corrected chi connectivity index (χ2v) is 4.71. The number of rotatable bonds is 3. The van der Waals surface area contributed by atoms with Gasteiger partial charge in [0.1, 0.15) is 0 Å². The first-order chi connectivity index (χ1) is 10.5. The molecule has 0 unspecified atom stereocenters. The Morgan fingerprint density at radius 3 is 2.50 bits per heavy atom. The predicted molar refractivity (Wildman–Crippen MR) is 78.6 cm³/mol. The number of H-pyrrole nitrogens is 2. The standard InChI is InChI=1S/C16H10F2N2O2/c17-11-4-1-9(7-12(11)18)2-6-15(21)10-3-5-13-14(8-10)20-16(22)19-13/h1-8H,(H2,19,20,22). The van der Waals surface area contributed by atoms with Crippen LogP contribution in [0.3, 0.4) is 0 Å². The zero-order chi connectivity index (χ0) is 15.7. The quantitative estimate of drug-likeness (QED) is 0.577. The minimum Gasteiger partial charge on any atom is -0.306 e. The minimum atomic E-state index is -0.971. The minimum absolute atomic E-state index is 0.311. The summed E-state index contributed by atoms with van der Waals surface area (Å²) in [5, 5.41) is 0. The van der Waals surface area contributed by atoms with E-state index in [1.807, 2.05) is 0 Å². The summed E-state index contributed by atoms with van der Waals surface area (Å²) in [5.41, 5.74) is 1.53. The molecule has 4 nitrogen and oxygen atoms in total. The van der Waals surface area contributed by atoms with Gasteiger partial charge in [0.15, 0.2) is 17.4 Å². The van der Waals surface area contributed by atoms with E-state index in [1.165, 1.54) is 18.2 Å². The number of nitrogens with one attached hydrogen (secondary N) is 2. The Balaban J connectivity index is 1.87. The largest absolute Gasteiger partial charge is 0.323 e. The summed E-state index contributed by atoms with van der Waals surface area (Å²) in [4.78, 5) is 28.4. The van der Waals surface area contributed by atoms with Crippen LogP contribution >= 0.6 is 0 Å². The van der Waals surface area contributed by atoms with Crippen LogP contribution in [0.5, 0.6) is 0 Å². The van der Waals surface area contributed by atoms with E-state index in [1.54, 1.807) is 18.2 Å². The summed E-state index contributed by atoms with van der Waals surface area (Å²) >= 11 is 0. The van der Waals surface area contributed by atoms with Gasteiger partial charge in [-0.1, -0.05) is 12.1 Å². The lowest BCUT2D eigenvalue weighted by Gasteiger charge is -1.97. The molecule has 0 saturated heterocycles. The molecular weight excluding hydrogens is 290 g/mol. The van der Waals surface area contributed by atoms with Gasteiger partial charge in [-0.15, -0.1) is 0 Å². The lowest BCUT2D eigenvalue weighted by Crippen LogP contribution is -1.99. The van der Waals surface area contributed by atoms with Gasteiger partial charge in [-0.25, -0.2) is 13.6 Å². The predicted octanol–water partition coefficient (Wildman–Crippen LogP) is 3.03. The Labute approximate surface area is 123 Å². The third kappa shape index (κ3) is 2.71. The molecule has 0 saturated carbocycles. The van der Waals surface area contributed by atoms with Crippen LogP contribution in [-0.2, 0) is 0 Å². The maximum atomic E-state index is 13.1. The van der Waals surface area contributed by atoms with Crippen LogP contribution in [-0.4, -0.2) is 15.8 Å². The van der Waals surface area contributed by atoms with Crippen LogP contribution in [0, 0.1) is 11.6 Å². The molecule has 1 heterocycles. The fourth-order valence-corrected chi connectivity index (χ4v) is 2.07. The lowest BCUT2D eigenvalue weighted by atomic mass is 10.1. The second-order valence-electron chi connectivity index (χ2n) is 4.71. The monoisotopic (exact) mass is 300 g/mol. The van der Waals surface area contributed by atoms with Gasteiger partial charge in [0, 0.05) is 5.56 Å². The SMILES string of the molecule is O=C(C=Cc1ccc(F)c(F)c1)c1ccc2[nH]c(=O)[nH]c2c1. The van der Waals surface area contributed by atoms with Crippen molar-refractivity contribution in [2.45, 2.75) is 0 Å². The van der Waals surface area contributed by atoms with Crippen LogP contribution in [0.25, 0.3) is 17.1 Å². The number of carbonyl (C=O) groups excluding carboxylic acids is 1. The van der Waals surface area contributed by atoms with Crippen molar-refractivity contribution in [2.24, 2.45) is 0 Å². The molecule has 3 rings (SSSR count). The molecule has 6 heteroatoms. The van der Waals surface area contributed by atoms with E-state index in [-0.39, 0.29) is 11.5 Å². The molecule has 1 aromatic heterocycles. The maximum absolute atomic E-state index is 13.1. The van der Waals surface area contributed by atoms with Gasteiger partial charge in [0.05, 0.1) is 11.0 Å². The zero-order valence-corrected chi connectivity index (χ0v) is 11.2. The van der Waals surface area contributed by atoms with Crippen LogP contribution in [0.2, 0.25) is 0 Å². The number of aromatic nitrogens is 2. The van der Waals surface area contributed by atoms with E-state index in [0.29, 0.717) is 22.2 Å².